The van der Waals surface area contributed by atoms with E-state index in [4.69, 9.17) is 4.52 Å². The molecule has 1 N–H and O–H groups in total. The number of aryl methyl sites for hydroxylation is 2. The van der Waals surface area contributed by atoms with Gasteiger partial charge in [0, 0.05) is 36.3 Å². The Kier molecular flexibility index (Phi) is 4.71. The van der Waals surface area contributed by atoms with Gasteiger partial charge in [0.1, 0.15) is 5.76 Å². The first-order valence-electron chi connectivity index (χ1n) is 8.56. The minimum absolute atomic E-state index is 0.158. The van der Waals surface area contributed by atoms with Gasteiger partial charge in [0.05, 0.1) is 5.69 Å². The fraction of sp³-hybridized carbons (Fsp3) is 0.474. The van der Waals surface area contributed by atoms with Gasteiger partial charge in [-0.2, -0.15) is 0 Å². The second-order valence-electron chi connectivity index (χ2n) is 6.59. The lowest BCUT2D eigenvalue weighted by molar-refractivity contribution is -0.117. The molecule has 0 bridgehead atoms. The Bertz CT molecular complexity index is 701. The topological polar surface area (TPSA) is 58.4 Å². The van der Waals surface area contributed by atoms with E-state index in [1.165, 1.54) is 5.56 Å². The van der Waals surface area contributed by atoms with E-state index in [1.807, 2.05) is 30.9 Å². The molecule has 2 heterocycles. The van der Waals surface area contributed by atoms with Gasteiger partial charge < -0.3 is 14.7 Å². The molecule has 1 saturated heterocycles. The molecule has 5 heteroatoms. The van der Waals surface area contributed by atoms with Crippen LogP contribution in [-0.4, -0.2) is 17.6 Å². The Morgan fingerprint density at radius 1 is 1.17 bits per heavy atom. The van der Waals surface area contributed by atoms with Gasteiger partial charge in [0.15, 0.2) is 0 Å². The maximum Gasteiger partial charge on any atom is 0.227 e. The van der Waals surface area contributed by atoms with Gasteiger partial charge in [-0.25, -0.2) is 0 Å². The molecule has 24 heavy (non-hydrogen) atoms. The second kappa shape index (κ2) is 6.77. The Hall–Kier alpha value is -2.14. The second-order valence-corrected chi connectivity index (χ2v) is 6.59. The monoisotopic (exact) mass is 327 g/mol. The summed E-state index contributed by atoms with van der Waals surface area (Å²) in [4.78, 5) is 13.7. The smallest absolute Gasteiger partial charge is 0.227 e. The highest BCUT2D eigenvalue weighted by atomic mass is 16.5. The Labute approximate surface area is 143 Å². The number of carbonyl (C=O) groups is 1. The fourth-order valence-corrected chi connectivity index (χ4v) is 3.53. The van der Waals surface area contributed by atoms with Crippen LogP contribution in [0.3, 0.4) is 0 Å². The SMILES string of the molecule is Cc1noc(C)c1[C@@H](C)N[C@H](C)c1ccc(N2CCCC2=O)cc1. The van der Waals surface area contributed by atoms with E-state index >= 15 is 0 Å². The van der Waals surface area contributed by atoms with E-state index < -0.39 is 0 Å². The Balaban J connectivity index is 1.69. The number of hydrogen-bond donors (Lipinski definition) is 1. The van der Waals surface area contributed by atoms with Crippen molar-refractivity contribution in [1.29, 1.82) is 0 Å². The summed E-state index contributed by atoms with van der Waals surface area (Å²) < 4.78 is 5.26. The number of carbonyl (C=O) groups excluding carboxylic acids is 1. The summed E-state index contributed by atoms with van der Waals surface area (Å²) in [6.07, 6.45) is 1.61. The molecule has 0 radical (unpaired) electrons. The number of nitrogens with zero attached hydrogens (tertiary/aromatic N) is 2. The molecule has 2 aromatic rings. The molecule has 2 atom stereocenters. The molecule has 3 rings (SSSR count). The van der Waals surface area contributed by atoms with Crippen LogP contribution in [-0.2, 0) is 4.79 Å². The molecule has 0 unspecified atom stereocenters. The Morgan fingerprint density at radius 3 is 2.42 bits per heavy atom. The third kappa shape index (κ3) is 3.22. The first-order valence-corrected chi connectivity index (χ1v) is 8.56. The minimum atomic E-state index is 0.158. The van der Waals surface area contributed by atoms with Crippen molar-refractivity contribution in [2.45, 2.75) is 52.6 Å². The van der Waals surface area contributed by atoms with Crippen LogP contribution in [0.15, 0.2) is 28.8 Å². The molecular formula is C19H25N3O2. The van der Waals surface area contributed by atoms with Crippen molar-refractivity contribution in [1.82, 2.24) is 10.5 Å². The highest BCUT2D eigenvalue weighted by Gasteiger charge is 2.22. The largest absolute Gasteiger partial charge is 0.361 e. The third-order valence-corrected chi connectivity index (χ3v) is 4.80. The number of amides is 1. The lowest BCUT2D eigenvalue weighted by Crippen LogP contribution is -2.24. The summed E-state index contributed by atoms with van der Waals surface area (Å²) in [6, 6.07) is 8.62. The number of aromatic nitrogens is 1. The quantitative estimate of drug-likeness (QED) is 0.907. The van der Waals surface area contributed by atoms with Crippen LogP contribution in [0.1, 0.15) is 61.4 Å². The van der Waals surface area contributed by atoms with Gasteiger partial charge in [0.25, 0.3) is 0 Å². The van der Waals surface area contributed by atoms with E-state index in [9.17, 15) is 4.79 Å². The summed E-state index contributed by atoms with van der Waals surface area (Å²) in [7, 11) is 0. The van der Waals surface area contributed by atoms with Crippen molar-refractivity contribution >= 4 is 11.6 Å². The van der Waals surface area contributed by atoms with Gasteiger partial charge in [-0.05, 0) is 51.8 Å². The average Bonchev–Trinajstić information content (AvgIpc) is 3.13. The molecule has 1 aliphatic rings. The predicted octanol–water partition coefficient (Wildman–Crippen LogP) is 3.83. The molecule has 0 aliphatic carbocycles. The zero-order chi connectivity index (χ0) is 17.3. The number of rotatable bonds is 5. The summed E-state index contributed by atoms with van der Waals surface area (Å²) in [6.45, 7) is 9.01. The van der Waals surface area contributed by atoms with E-state index in [-0.39, 0.29) is 18.0 Å². The fourth-order valence-electron chi connectivity index (χ4n) is 3.53. The van der Waals surface area contributed by atoms with Crippen LogP contribution >= 0.6 is 0 Å². The molecular weight excluding hydrogens is 302 g/mol. The highest BCUT2D eigenvalue weighted by molar-refractivity contribution is 5.95. The van der Waals surface area contributed by atoms with Crippen molar-refractivity contribution in [2.24, 2.45) is 0 Å². The van der Waals surface area contributed by atoms with Gasteiger partial charge >= 0.3 is 0 Å². The summed E-state index contributed by atoms with van der Waals surface area (Å²) in [5, 5.41) is 7.63. The standard InChI is InChI=1S/C19H25N3O2/c1-12(20-13(2)19-14(3)21-24-15(19)4)16-7-9-17(10-8-16)22-11-5-6-18(22)23/h7-10,12-13,20H,5-6,11H2,1-4H3/t12-,13-/m1/s1. The van der Waals surface area contributed by atoms with Crippen LogP contribution in [0.4, 0.5) is 5.69 Å². The number of nitrogens with one attached hydrogen (secondary N) is 1. The maximum atomic E-state index is 11.8. The molecule has 1 aliphatic heterocycles. The van der Waals surface area contributed by atoms with E-state index in [0.29, 0.717) is 6.42 Å². The molecule has 128 valence electrons. The van der Waals surface area contributed by atoms with Crippen LogP contribution in [0, 0.1) is 13.8 Å². The number of anilines is 1. The molecule has 0 saturated carbocycles. The van der Waals surface area contributed by atoms with Crippen molar-refractivity contribution in [3.05, 3.63) is 46.8 Å². The van der Waals surface area contributed by atoms with Crippen molar-refractivity contribution in [3.8, 4) is 0 Å². The normalized spacial score (nSPS) is 17.3. The van der Waals surface area contributed by atoms with Gasteiger partial charge in [0.2, 0.25) is 5.91 Å². The third-order valence-electron chi connectivity index (χ3n) is 4.80. The molecule has 5 nitrogen and oxygen atoms in total. The van der Waals surface area contributed by atoms with Crippen LogP contribution < -0.4 is 10.2 Å². The minimum Gasteiger partial charge on any atom is -0.361 e. The number of benzene rings is 1. The van der Waals surface area contributed by atoms with Crippen molar-refractivity contribution in [3.63, 3.8) is 0 Å². The number of hydrogen-bond acceptors (Lipinski definition) is 4. The molecule has 1 fully saturated rings. The van der Waals surface area contributed by atoms with Gasteiger partial charge in [-0.1, -0.05) is 17.3 Å². The van der Waals surface area contributed by atoms with Gasteiger partial charge in [-0.3, -0.25) is 4.79 Å². The summed E-state index contributed by atoms with van der Waals surface area (Å²) in [5.41, 5.74) is 4.25. The van der Waals surface area contributed by atoms with Crippen LogP contribution in [0.2, 0.25) is 0 Å². The average molecular weight is 327 g/mol. The van der Waals surface area contributed by atoms with Crippen LogP contribution in [0.5, 0.6) is 0 Å². The van der Waals surface area contributed by atoms with E-state index in [0.717, 1.165) is 35.7 Å². The van der Waals surface area contributed by atoms with Crippen molar-refractivity contribution in [2.75, 3.05) is 11.4 Å². The predicted molar refractivity (Wildman–Crippen MR) is 94.0 cm³/mol. The first kappa shape index (κ1) is 16.7. The molecule has 1 amide bonds. The highest BCUT2D eigenvalue weighted by Crippen LogP contribution is 2.26. The molecule has 1 aromatic carbocycles. The van der Waals surface area contributed by atoms with Crippen molar-refractivity contribution < 1.29 is 9.32 Å². The van der Waals surface area contributed by atoms with E-state index in [2.05, 4.69) is 36.5 Å². The lowest BCUT2D eigenvalue weighted by Gasteiger charge is -2.22. The maximum absolute atomic E-state index is 11.8. The van der Waals surface area contributed by atoms with Gasteiger partial charge in [-0.15, -0.1) is 0 Å². The lowest BCUT2D eigenvalue weighted by atomic mass is 10.0. The van der Waals surface area contributed by atoms with Crippen LogP contribution in [0.25, 0.3) is 0 Å². The summed E-state index contributed by atoms with van der Waals surface area (Å²) in [5.74, 6) is 1.09. The Morgan fingerprint density at radius 2 is 1.88 bits per heavy atom. The first-order chi connectivity index (χ1) is 11.5. The summed E-state index contributed by atoms with van der Waals surface area (Å²) >= 11 is 0. The van der Waals surface area contributed by atoms with E-state index in [1.54, 1.807) is 0 Å². The zero-order valence-corrected chi connectivity index (χ0v) is 14.8. The zero-order valence-electron chi connectivity index (χ0n) is 14.8. The molecule has 1 aromatic heterocycles. The molecule has 0 spiro atoms.